The predicted molar refractivity (Wildman–Crippen MR) is 91.3 cm³/mol. The lowest BCUT2D eigenvalue weighted by Crippen LogP contribution is -2.43. The quantitative estimate of drug-likeness (QED) is 0.842. The number of amides is 2. The van der Waals surface area contributed by atoms with Crippen LogP contribution in [0.5, 0.6) is 0 Å². The number of benzene rings is 1. The van der Waals surface area contributed by atoms with Crippen LogP contribution in [0.3, 0.4) is 0 Å². The maximum absolute atomic E-state index is 12.9. The number of hydrogen-bond acceptors (Lipinski definition) is 2. The second-order valence-corrected chi connectivity index (χ2v) is 6.51. The molecule has 122 valence electrons. The molecule has 23 heavy (non-hydrogen) atoms. The molecule has 0 atom stereocenters. The highest BCUT2D eigenvalue weighted by molar-refractivity contribution is 5.99. The Bertz CT molecular complexity index is 584. The Morgan fingerprint density at radius 2 is 1.61 bits per heavy atom. The monoisotopic (exact) mass is 312 g/mol. The van der Waals surface area contributed by atoms with E-state index >= 15 is 0 Å². The first-order valence-electron chi connectivity index (χ1n) is 8.55. The number of anilines is 1. The van der Waals surface area contributed by atoms with Crippen LogP contribution in [-0.4, -0.2) is 28.8 Å². The molecular formula is C19H24N2O2. The summed E-state index contributed by atoms with van der Waals surface area (Å²) in [4.78, 5) is 26.4. The van der Waals surface area contributed by atoms with Crippen molar-refractivity contribution in [2.45, 2.75) is 57.0 Å². The van der Waals surface area contributed by atoms with Gasteiger partial charge in [0.1, 0.15) is 0 Å². The molecule has 2 amide bonds. The first-order chi connectivity index (χ1) is 11.2. The third kappa shape index (κ3) is 3.81. The molecule has 0 aliphatic heterocycles. The van der Waals surface area contributed by atoms with Crippen LogP contribution >= 0.6 is 0 Å². The molecule has 3 rings (SSSR count). The summed E-state index contributed by atoms with van der Waals surface area (Å²) in [5.74, 6) is -0.105. The lowest BCUT2D eigenvalue weighted by Gasteiger charge is -2.34. The molecule has 0 aromatic heterocycles. The number of nitrogens with zero attached hydrogens (tertiary/aromatic N) is 1. The van der Waals surface area contributed by atoms with Gasteiger partial charge in [0.25, 0.3) is 5.91 Å². The van der Waals surface area contributed by atoms with Crippen molar-refractivity contribution in [3.8, 4) is 0 Å². The summed E-state index contributed by atoms with van der Waals surface area (Å²) in [5, 5.41) is 2.70. The van der Waals surface area contributed by atoms with Crippen molar-refractivity contribution in [3.63, 3.8) is 0 Å². The van der Waals surface area contributed by atoms with Crippen molar-refractivity contribution in [2.75, 3.05) is 5.32 Å². The van der Waals surface area contributed by atoms with Crippen LogP contribution in [-0.2, 0) is 4.79 Å². The third-order valence-corrected chi connectivity index (χ3v) is 4.73. The highest BCUT2D eigenvalue weighted by atomic mass is 16.2. The molecule has 2 saturated carbocycles. The minimum absolute atomic E-state index is 0.140. The van der Waals surface area contributed by atoms with Gasteiger partial charge in [-0.1, -0.05) is 25.8 Å². The van der Waals surface area contributed by atoms with Crippen molar-refractivity contribution in [1.82, 2.24) is 4.90 Å². The van der Waals surface area contributed by atoms with Gasteiger partial charge in [-0.25, -0.2) is 0 Å². The van der Waals surface area contributed by atoms with Crippen LogP contribution in [0, 0.1) is 0 Å². The summed E-state index contributed by atoms with van der Waals surface area (Å²) in [7, 11) is 0. The summed E-state index contributed by atoms with van der Waals surface area (Å²) in [6, 6.07) is 8.01. The fourth-order valence-corrected chi connectivity index (χ4v) is 3.38. The minimum Gasteiger partial charge on any atom is -0.333 e. The summed E-state index contributed by atoms with van der Waals surface area (Å²) in [6.45, 7) is 3.43. The van der Waals surface area contributed by atoms with E-state index in [9.17, 15) is 9.59 Å². The van der Waals surface area contributed by atoms with Crippen molar-refractivity contribution in [3.05, 3.63) is 42.5 Å². The molecule has 1 aromatic carbocycles. The predicted octanol–water partition coefficient (Wildman–Crippen LogP) is 3.75. The van der Waals surface area contributed by atoms with Gasteiger partial charge in [0.2, 0.25) is 5.91 Å². The Balaban J connectivity index is 1.72. The van der Waals surface area contributed by atoms with Gasteiger partial charge >= 0.3 is 0 Å². The van der Waals surface area contributed by atoms with Crippen LogP contribution in [0.25, 0.3) is 0 Å². The molecule has 0 saturated heterocycles. The molecule has 0 radical (unpaired) electrons. The van der Waals surface area contributed by atoms with Crippen molar-refractivity contribution >= 4 is 17.5 Å². The van der Waals surface area contributed by atoms with Gasteiger partial charge < -0.3 is 10.2 Å². The normalized spacial score (nSPS) is 18.3. The summed E-state index contributed by atoms with van der Waals surface area (Å²) in [6.07, 6.45) is 9.52. The maximum atomic E-state index is 12.9. The topological polar surface area (TPSA) is 49.4 Å². The van der Waals surface area contributed by atoms with E-state index in [0.29, 0.717) is 23.3 Å². The lowest BCUT2D eigenvalue weighted by molar-refractivity contribution is -0.111. The van der Waals surface area contributed by atoms with Gasteiger partial charge in [0.05, 0.1) is 0 Å². The second-order valence-electron chi connectivity index (χ2n) is 6.51. The van der Waals surface area contributed by atoms with Gasteiger partial charge in [0, 0.05) is 23.3 Å². The molecule has 0 spiro atoms. The maximum Gasteiger partial charge on any atom is 0.254 e. The zero-order valence-electron chi connectivity index (χ0n) is 13.5. The van der Waals surface area contributed by atoms with E-state index in [2.05, 4.69) is 16.8 Å². The third-order valence-electron chi connectivity index (χ3n) is 4.73. The van der Waals surface area contributed by atoms with E-state index in [4.69, 9.17) is 0 Å². The zero-order valence-corrected chi connectivity index (χ0v) is 13.5. The fraction of sp³-hybridized carbons (Fsp3) is 0.474. The molecular weight excluding hydrogens is 288 g/mol. The summed E-state index contributed by atoms with van der Waals surface area (Å²) >= 11 is 0. The Morgan fingerprint density at radius 3 is 2.17 bits per heavy atom. The Morgan fingerprint density at radius 1 is 1.00 bits per heavy atom. The Labute approximate surface area is 137 Å². The SMILES string of the molecule is C=CC(=O)Nc1ccc(C(=O)N(C2CCCCC2)C2CC2)cc1. The van der Waals surface area contributed by atoms with Crippen molar-refractivity contribution < 1.29 is 9.59 Å². The Kier molecular flexibility index (Phi) is 4.79. The highest BCUT2D eigenvalue weighted by Crippen LogP contribution is 2.35. The first kappa shape index (κ1) is 15.8. The molecule has 4 nitrogen and oxygen atoms in total. The van der Waals surface area contributed by atoms with Crippen molar-refractivity contribution in [1.29, 1.82) is 0 Å². The molecule has 2 fully saturated rings. The number of hydrogen-bond donors (Lipinski definition) is 1. The smallest absolute Gasteiger partial charge is 0.254 e. The molecule has 0 unspecified atom stereocenters. The van der Waals surface area contributed by atoms with E-state index in [1.54, 1.807) is 24.3 Å². The number of carbonyl (C=O) groups is 2. The van der Waals surface area contributed by atoms with Gasteiger partial charge in [-0.05, 0) is 56.0 Å². The van der Waals surface area contributed by atoms with Crippen LogP contribution in [0.4, 0.5) is 5.69 Å². The zero-order chi connectivity index (χ0) is 16.2. The molecule has 0 bridgehead atoms. The largest absolute Gasteiger partial charge is 0.333 e. The Hall–Kier alpha value is -2.10. The molecule has 4 heteroatoms. The lowest BCUT2D eigenvalue weighted by atomic mass is 9.93. The average molecular weight is 312 g/mol. The van der Waals surface area contributed by atoms with E-state index in [0.717, 1.165) is 25.7 Å². The second kappa shape index (κ2) is 6.99. The molecule has 2 aliphatic carbocycles. The van der Waals surface area contributed by atoms with E-state index < -0.39 is 0 Å². The van der Waals surface area contributed by atoms with E-state index in [-0.39, 0.29) is 11.8 Å². The number of rotatable bonds is 5. The molecule has 2 aliphatic rings. The van der Waals surface area contributed by atoms with Gasteiger partial charge in [0.15, 0.2) is 0 Å². The molecule has 1 aromatic rings. The summed E-state index contributed by atoms with van der Waals surface area (Å²) in [5.41, 5.74) is 1.39. The van der Waals surface area contributed by atoms with Crippen LogP contribution < -0.4 is 5.32 Å². The standard InChI is InChI=1S/C19H24N2O2/c1-2-18(22)20-15-10-8-14(9-11-15)19(23)21(17-12-13-17)16-6-4-3-5-7-16/h2,8-11,16-17H,1,3-7,12-13H2,(H,20,22). The van der Waals surface area contributed by atoms with Gasteiger partial charge in [-0.15, -0.1) is 0 Å². The van der Waals surface area contributed by atoms with E-state index in [1.807, 2.05) is 0 Å². The van der Waals surface area contributed by atoms with Gasteiger partial charge in [-0.2, -0.15) is 0 Å². The van der Waals surface area contributed by atoms with E-state index in [1.165, 1.54) is 25.3 Å². The minimum atomic E-state index is -0.245. The fourth-order valence-electron chi connectivity index (χ4n) is 3.38. The van der Waals surface area contributed by atoms with Crippen LogP contribution in [0.2, 0.25) is 0 Å². The first-order valence-corrected chi connectivity index (χ1v) is 8.55. The average Bonchev–Trinajstić information content (AvgIpc) is 3.41. The number of carbonyl (C=O) groups excluding carboxylic acids is 2. The van der Waals surface area contributed by atoms with Crippen molar-refractivity contribution in [2.24, 2.45) is 0 Å². The van der Waals surface area contributed by atoms with Crippen LogP contribution in [0.1, 0.15) is 55.3 Å². The molecule has 1 N–H and O–H groups in total. The number of nitrogens with one attached hydrogen (secondary N) is 1. The van der Waals surface area contributed by atoms with Crippen LogP contribution in [0.15, 0.2) is 36.9 Å². The summed E-state index contributed by atoms with van der Waals surface area (Å²) < 4.78 is 0. The van der Waals surface area contributed by atoms with Gasteiger partial charge in [-0.3, -0.25) is 9.59 Å². The molecule has 0 heterocycles. The highest BCUT2D eigenvalue weighted by Gasteiger charge is 2.37.